The summed E-state index contributed by atoms with van der Waals surface area (Å²) in [6, 6.07) is 10.1. The Bertz CT molecular complexity index is 391. The Labute approximate surface area is 84.8 Å². The monoisotopic (exact) mass is 188 g/mol. The second-order valence-electron chi connectivity index (χ2n) is 2.68. The summed E-state index contributed by atoms with van der Waals surface area (Å²) < 4.78 is 0. The van der Waals surface area contributed by atoms with Crippen LogP contribution in [0.1, 0.15) is 19.5 Å². The Hall–Kier alpha value is -1.41. The lowest BCUT2D eigenvalue weighted by atomic mass is 10.1. The number of rotatable bonds is 1. The highest BCUT2D eigenvalue weighted by Crippen LogP contribution is 2.15. The predicted octanol–water partition coefficient (Wildman–Crippen LogP) is 2.72. The van der Waals surface area contributed by atoms with Crippen molar-refractivity contribution in [2.75, 3.05) is 0 Å². The zero-order valence-electron chi connectivity index (χ0n) is 8.70. The van der Waals surface area contributed by atoms with Gasteiger partial charge in [-0.2, -0.15) is 0 Å². The molecule has 1 aromatic heterocycles. The van der Waals surface area contributed by atoms with Crippen LogP contribution in [0.2, 0.25) is 0 Å². The fraction of sp³-hybridized carbons (Fsp3) is 0.250. The van der Waals surface area contributed by atoms with E-state index in [1.165, 1.54) is 5.39 Å². The van der Waals surface area contributed by atoms with Crippen molar-refractivity contribution in [1.29, 1.82) is 0 Å². The van der Waals surface area contributed by atoms with Gasteiger partial charge in [-0.1, -0.05) is 38.1 Å². The first-order valence-electron chi connectivity index (χ1n) is 4.94. The highest BCUT2D eigenvalue weighted by molar-refractivity contribution is 5.84. The van der Waals surface area contributed by atoms with Gasteiger partial charge in [0.15, 0.2) is 0 Å². The van der Waals surface area contributed by atoms with Gasteiger partial charge in [0.1, 0.15) is 0 Å². The Morgan fingerprint density at radius 3 is 2.57 bits per heavy atom. The van der Waals surface area contributed by atoms with Gasteiger partial charge in [-0.25, -0.2) is 0 Å². The molecular weight excluding hydrogens is 172 g/mol. The molecule has 0 fully saturated rings. The van der Waals surface area contributed by atoms with Crippen molar-refractivity contribution in [2.24, 2.45) is 5.73 Å². The maximum absolute atomic E-state index is 5.55. The molecule has 0 saturated carbocycles. The van der Waals surface area contributed by atoms with Crippen molar-refractivity contribution in [3.8, 4) is 0 Å². The second-order valence-corrected chi connectivity index (χ2v) is 2.68. The minimum absolute atomic E-state index is 0.501. The molecule has 0 unspecified atom stereocenters. The minimum atomic E-state index is 0.501. The van der Waals surface area contributed by atoms with Crippen LogP contribution < -0.4 is 5.73 Å². The molecule has 14 heavy (non-hydrogen) atoms. The molecular formula is C12H16N2. The number of hydrogen-bond acceptors (Lipinski definition) is 2. The first kappa shape index (κ1) is 10.7. The lowest BCUT2D eigenvalue weighted by molar-refractivity contribution is 1.01. The number of pyridine rings is 1. The molecule has 0 aliphatic rings. The summed E-state index contributed by atoms with van der Waals surface area (Å²) >= 11 is 0. The van der Waals surface area contributed by atoms with Gasteiger partial charge in [0.2, 0.25) is 0 Å². The van der Waals surface area contributed by atoms with Crippen molar-refractivity contribution in [2.45, 2.75) is 20.4 Å². The van der Waals surface area contributed by atoms with Gasteiger partial charge in [-0.3, -0.25) is 4.98 Å². The summed E-state index contributed by atoms with van der Waals surface area (Å²) in [7, 11) is 0. The molecule has 0 saturated heterocycles. The molecule has 0 aliphatic heterocycles. The zero-order valence-corrected chi connectivity index (χ0v) is 8.70. The summed E-state index contributed by atoms with van der Waals surface area (Å²) in [4.78, 5) is 4.20. The number of benzene rings is 1. The molecule has 0 atom stereocenters. The van der Waals surface area contributed by atoms with Crippen LogP contribution in [0.25, 0.3) is 10.8 Å². The molecule has 74 valence electrons. The molecule has 1 heterocycles. The van der Waals surface area contributed by atoms with E-state index in [0.29, 0.717) is 6.54 Å². The van der Waals surface area contributed by atoms with Gasteiger partial charge in [0, 0.05) is 18.1 Å². The number of fused-ring (bicyclic) bond motifs is 1. The van der Waals surface area contributed by atoms with Gasteiger partial charge in [-0.15, -0.1) is 0 Å². The second kappa shape index (κ2) is 5.35. The van der Waals surface area contributed by atoms with Gasteiger partial charge < -0.3 is 5.73 Å². The van der Waals surface area contributed by atoms with Gasteiger partial charge in [0.25, 0.3) is 0 Å². The third-order valence-corrected chi connectivity index (χ3v) is 1.95. The average Bonchev–Trinajstić information content (AvgIpc) is 2.31. The summed E-state index contributed by atoms with van der Waals surface area (Å²) in [6.07, 6.45) is 1.80. The maximum Gasteiger partial charge on any atom is 0.0617 e. The maximum atomic E-state index is 5.55. The van der Waals surface area contributed by atoms with Crippen molar-refractivity contribution in [3.63, 3.8) is 0 Å². The molecule has 0 aliphatic carbocycles. The van der Waals surface area contributed by atoms with Gasteiger partial charge >= 0.3 is 0 Å². The molecule has 2 heteroatoms. The third-order valence-electron chi connectivity index (χ3n) is 1.95. The smallest absolute Gasteiger partial charge is 0.0617 e. The Kier molecular flexibility index (Phi) is 4.08. The normalized spacial score (nSPS) is 9.36. The average molecular weight is 188 g/mol. The number of nitrogens with zero attached hydrogens (tertiary/aromatic N) is 1. The van der Waals surface area contributed by atoms with Crippen molar-refractivity contribution in [1.82, 2.24) is 4.98 Å². The largest absolute Gasteiger partial charge is 0.325 e. The molecule has 0 amide bonds. The Morgan fingerprint density at radius 2 is 1.86 bits per heavy atom. The molecule has 1 aromatic carbocycles. The van der Waals surface area contributed by atoms with E-state index in [1.807, 2.05) is 38.1 Å². The quantitative estimate of drug-likeness (QED) is 0.747. The zero-order chi connectivity index (χ0) is 10.4. The SMILES string of the molecule is CC.NCc1nccc2ccccc12. The molecule has 0 radical (unpaired) electrons. The number of hydrogen-bond donors (Lipinski definition) is 1. The topological polar surface area (TPSA) is 38.9 Å². The van der Waals surface area contributed by atoms with E-state index >= 15 is 0 Å². The summed E-state index contributed by atoms with van der Waals surface area (Å²) in [5.74, 6) is 0. The summed E-state index contributed by atoms with van der Waals surface area (Å²) in [6.45, 7) is 4.50. The Balaban J connectivity index is 0.000000461. The molecule has 0 spiro atoms. The van der Waals surface area contributed by atoms with E-state index in [-0.39, 0.29) is 0 Å². The summed E-state index contributed by atoms with van der Waals surface area (Å²) in [5, 5.41) is 2.36. The van der Waals surface area contributed by atoms with E-state index < -0.39 is 0 Å². The van der Waals surface area contributed by atoms with Crippen LogP contribution in [0.15, 0.2) is 36.5 Å². The van der Waals surface area contributed by atoms with E-state index in [2.05, 4.69) is 11.1 Å². The van der Waals surface area contributed by atoms with Crippen molar-refractivity contribution >= 4 is 10.8 Å². The van der Waals surface area contributed by atoms with Gasteiger partial charge in [0.05, 0.1) is 5.69 Å². The molecule has 2 N–H and O–H groups in total. The third kappa shape index (κ3) is 2.09. The van der Waals surface area contributed by atoms with Crippen molar-refractivity contribution < 1.29 is 0 Å². The number of nitrogens with two attached hydrogens (primary N) is 1. The highest BCUT2D eigenvalue weighted by atomic mass is 14.7. The highest BCUT2D eigenvalue weighted by Gasteiger charge is 1.97. The molecule has 2 nitrogen and oxygen atoms in total. The van der Waals surface area contributed by atoms with Crippen LogP contribution in [0, 0.1) is 0 Å². The minimum Gasteiger partial charge on any atom is -0.325 e. The molecule has 2 rings (SSSR count). The lowest BCUT2D eigenvalue weighted by Gasteiger charge is -2.01. The van der Waals surface area contributed by atoms with Gasteiger partial charge in [-0.05, 0) is 11.5 Å². The van der Waals surface area contributed by atoms with Crippen LogP contribution in [0.5, 0.6) is 0 Å². The van der Waals surface area contributed by atoms with Crippen molar-refractivity contribution in [3.05, 3.63) is 42.2 Å². The van der Waals surface area contributed by atoms with E-state index in [0.717, 1.165) is 11.1 Å². The standard InChI is InChI=1S/C10H10N2.C2H6/c11-7-10-9-4-2-1-3-8(9)5-6-12-10;1-2/h1-6H,7,11H2;1-2H3. The Morgan fingerprint density at radius 1 is 1.14 bits per heavy atom. The molecule has 0 bridgehead atoms. The van der Waals surface area contributed by atoms with Crippen LogP contribution in [-0.4, -0.2) is 4.98 Å². The van der Waals surface area contributed by atoms with Crippen LogP contribution in [0.3, 0.4) is 0 Å². The van der Waals surface area contributed by atoms with Crippen LogP contribution in [0.4, 0.5) is 0 Å². The lowest BCUT2D eigenvalue weighted by Crippen LogP contribution is -1.99. The number of aromatic nitrogens is 1. The first-order valence-corrected chi connectivity index (χ1v) is 4.94. The van der Waals surface area contributed by atoms with Crippen LogP contribution >= 0.6 is 0 Å². The fourth-order valence-corrected chi connectivity index (χ4v) is 1.34. The first-order chi connectivity index (χ1) is 6.92. The molecule has 2 aromatic rings. The predicted molar refractivity (Wildman–Crippen MR) is 61.0 cm³/mol. The van der Waals surface area contributed by atoms with E-state index in [9.17, 15) is 0 Å². The van der Waals surface area contributed by atoms with E-state index in [4.69, 9.17) is 5.73 Å². The van der Waals surface area contributed by atoms with E-state index in [1.54, 1.807) is 6.20 Å². The fourth-order valence-electron chi connectivity index (χ4n) is 1.34. The summed E-state index contributed by atoms with van der Waals surface area (Å²) in [5.41, 5.74) is 6.52. The van der Waals surface area contributed by atoms with Crippen LogP contribution in [-0.2, 0) is 6.54 Å².